The maximum Gasteiger partial charge on any atom is 0.236 e. The van der Waals surface area contributed by atoms with Gasteiger partial charge in [-0.05, 0) is 26.0 Å². The van der Waals surface area contributed by atoms with E-state index in [0.29, 0.717) is 6.54 Å². The molecule has 0 aliphatic heterocycles. The highest BCUT2D eigenvalue weighted by Crippen LogP contribution is 2.27. The van der Waals surface area contributed by atoms with Crippen molar-refractivity contribution in [2.75, 3.05) is 13.1 Å². The molecule has 1 aromatic heterocycles. The summed E-state index contributed by atoms with van der Waals surface area (Å²) in [7, 11) is 0. The molecule has 0 bridgehead atoms. The van der Waals surface area contributed by atoms with Crippen LogP contribution in [-0.4, -0.2) is 23.9 Å². The second-order valence-electron chi connectivity index (χ2n) is 4.25. The topological polar surface area (TPSA) is 59.5 Å². The zero-order chi connectivity index (χ0) is 13.1. The summed E-state index contributed by atoms with van der Waals surface area (Å²) in [6.45, 7) is 4.54. The average Bonchev–Trinajstić information content (AvgIpc) is 2.82. The van der Waals surface area contributed by atoms with Crippen LogP contribution in [0.5, 0.6) is 0 Å². The molecule has 2 N–H and O–H groups in total. The Morgan fingerprint density at radius 3 is 2.68 bits per heavy atom. The van der Waals surface area contributed by atoms with E-state index in [9.17, 15) is 4.79 Å². The van der Waals surface area contributed by atoms with Gasteiger partial charge in [-0.1, -0.05) is 18.2 Å². The number of furan rings is 1. The molecule has 2 rings (SSSR count). The average molecular weight is 283 g/mol. The van der Waals surface area contributed by atoms with Gasteiger partial charge in [0.25, 0.3) is 0 Å². The van der Waals surface area contributed by atoms with Gasteiger partial charge in [0.15, 0.2) is 0 Å². The van der Waals surface area contributed by atoms with Crippen LogP contribution in [0, 0.1) is 0 Å². The predicted octanol–water partition coefficient (Wildman–Crippen LogP) is 2.72. The van der Waals surface area contributed by atoms with Gasteiger partial charge in [0.1, 0.15) is 11.3 Å². The molecule has 1 aromatic carbocycles. The summed E-state index contributed by atoms with van der Waals surface area (Å²) in [5.41, 5.74) is 6.26. The Morgan fingerprint density at radius 1 is 1.42 bits per heavy atom. The lowest BCUT2D eigenvalue weighted by Gasteiger charge is -2.26. The Balaban J connectivity index is 0.00000180. The van der Waals surface area contributed by atoms with Gasteiger partial charge in [0, 0.05) is 11.9 Å². The lowest BCUT2D eigenvalue weighted by Crippen LogP contribution is -2.37. The van der Waals surface area contributed by atoms with E-state index in [4.69, 9.17) is 10.2 Å². The molecular weight excluding hydrogens is 264 g/mol. The number of fused-ring (bicyclic) bond motifs is 1. The molecule has 0 spiro atoms. The summed E-state index contributed by atoms with van der Waals surface area (Å²) in [5.74, 6) is 0.727. The molecule has 1 amide bonds. The summed E-state index contributed by atoms with van der Waals surface area (Å²) in [6, 6.07) is 9.70. The van der Waals surface area contributed by atoms with E-state index in [-0.39, 0.29) is 30.9 Å². The van der Waals surface area contributed by atoms with Crippen molar-refractivity contribution in [2.24, 2.45) is 5.73 Å². The minimum absolute atomic E-state index is 0. The van der Waals surface area contributed by atoms with Gasteiger partial charge in [0.2, 0.25) is 5.91 Å². The van der Waals surface area contributed by atoms with E-state index < -0.39 is 0 Å². The first kappa shape index (κ1) is 15.5. The highest BCUT2D eigenvalue weighted by atomic mass is 35.5. The number of halogens is 1. The molecular formula is C14H19ClN2O2. The maximum atomic E-state index is 11.7. The number of nitrogens with two attached hydrogens (primary N) is 1. The van der Waals surface area contributed by atoms with Crippen molar-refractivity contribution in [1.29, 1.82) is 0 Å². The Bertz CT molecular complexity index is 520. The number of rotatable bonds is 4. The first-order valence-electron chi connectivity index (χ1n) is 6.15. The summed E-state index contributed by atoms with van der Waals surface area (Å²) in [4.78, 5) is 13.5. The number of hydrogen-bond acceptors (Lipinski definition) is 3. The molecule has 104 valence electrons. The molecule has 1 atom stereocenters. The Labute approximate surface area is 119 Å². The van der Waals surface area contributed by atoms with Crippen LogP contribution >= 0.6 is 12.4 Å². The number of nitrogens with zero attached hydrogens (tertiary/aromatic N) is 1. The second kappa shape index (κ2) is 6.59. The normalized spacial score (nSPS) is 11.9. The first-order chi connectivity index (χ1) is 8.67. The number of hydrogen-bond donors (Lipinski definition) is 1. The number of likely N-dealkylation sites (N-methyl/N-ethyl adjacent to an activating group) is 1. The fourth-order valence-corrected chi connectivity index (χ4v) is 2.15. The number of carbonyl (C=O) groups excluding carboxylic acids is 1. The third kappa shape index (κ3) is 3.08. The monoisotopic (exact) mass is 282 g/mol. The fraction of sp³-hybridized carbons (Fsp3) is 0.357. The van der Waals surface area contributed by atoms with Crippen LogP contribution in [-0.2, 0) is 4.79 Å². The lowest BCUT2D eigenvalue weighted by molar-refractivity contribution is -0.131. The molecule has 2 aromatic rings. The minimum Gasteiger partial charge on any atom is -0.459 e. The zero-order valence-corrected chi connectivity index (χ0v) is 11.9. The molecule has 0 fully saturated rings. The molecule has 19 heavy (non-hydrogen) atoms. The van der Waals surface area contributed by atoms with Gasteiger partial charge in [-0.2, -0.15) is 0 Å². The van der Waals surface area contributed by atoms with Gasteiger partial charge in [-0.25, -0.2) is 0 Å². The SMILES string of the molecule is CCN(C(=O)CN)C(C)c1cc2ccccc2o1.Cl. The van der Waals surface area contributed by atoms with Crippen molar-refractivity contribution in [1.82, 2.24) is 4.90 Å². The smallest absolute Gasteiger partial charge is 0.236 e. The van der Waals surface area contributed by atoms with Crippen LogP contribution in [0.1, 0.15) is 25.6 Å². The maximum absolute atomic E-state index is 11.7. The zero-order valence-electron chi connectivity index (χ0n) is 11.1. The molecule has 0 saturated carbocycles. The van der Waals surface area contributed by atoms with E-state index in [1.807, 2.05) is 44.2 Å². The number of benzene rings is 1. The molecule has 0 aliphatic carbocycles. The van der Waals surface area contributed by atoms with Gasteiger partial charge in [-0.3, -0.25) is 4.79 Å². The molecule has 4 nitrogen and oxygen atoms in total. The Hall–Kier alpha value is -1.52. The standard InChI is InChI=1S/C14H18N2O2.ClH/c1-3-16(14(17)9-15)10(2)13-8-11-6-4-5-7-12(11)18-13;/h4-8,10H,3,9,15H2,1-2H3;1H. The molecule has 5 heteroatoms. The fourth-order valence-electron chi connectivity index (χ4n) is 2.15. The van der Waals surface area contributed by atoms with E-state index in [0.717, 1.165) is 16.7 Å². The number of para-hydroxylation sites is 1. The minimum atomic E-state index is -0.0987. The van der Waals surface area contributed by atoms with Crippen LogP contribution < -0.4 is 5.73 Å². The van der Waals surface area contributed by atoms with Gasteiger partial charge >= 0.3 is 0 Å². The number of amides is 1. The quantitative estimate of drug-likeness (QED) is 0.938. The van der Waals surface area contributed by atoms with E-state index in [1.54, 1.807) is 4.90 Å². The van der Waals surface area contributed by atoms with Crippen molar-refractivity contribution < 1.29 is 9.21 Å². The van der Waals surface area contributed by atoms with Crippen LogP contribution in [0.2, 0.25) is 0 Å². The van der Waals surface area contributed by atoms with E-state index >= 15 is 0 Å². The molecule has 1 heterocycles. The van der Waals surface area contributed by atoms with E-state index in [2.05, 4.69) is 0 Å². The largest absolute Gasteiger partial charge is 0.459 e. The highest BCUT2D eigenvalue weighted by molar-refractivity contribution is 5.85. The predicted molar refractivity (Wildman–Crippen MR) is 78.3 cm³/mol. The van der Waals surface area contributed by atoms with Gasteiger partial charge < -0.3 is 15.1 Å². The van der Waals surface area contributed by atoms with Crippen LogP contribution in [0.25, 0.3) is 11.0 Å². The number of carbonyl (C=O) groups is 1. The van der Waals surface area contributed by atoms with Gasteiger partial charge in [0.05, 0.1) is 12.6 Å². The van der Waals surface area contributed by atoms with Crippen molar-refractivity contribution in [3.63, 3.8) is 0 Å². The molecule has 0 aliphatic rings. The summed E-state index contributed by atoms with van der Waals surface area (Å²) in [6.07, 6.45) is 0. The van der Waals surface area contributed by atoms with Gasteiger partial charge in [-0.15, -0.1) is 12.4 Å². The second-order valence-corrected chi connectivity index (χ2v) is 4.25. The molecule has 0 radical (unpaired) electrons. The third-order valence-corrected chi connectivity index (χ3v) is 3.16. The molecule has 1 unspecified atom stereocenters. The lowest BCUT2D eigenvalue weighted by atomic mass is 10.2. The van der Waals surface area contributed by atoms with Crippen LogP contribution in [0.4, 0.5) is 0 Å². The Morgan fingerprint density at radius 2 is 2.11 bits per heavy atom. The van der Waals surface area contributed by atoms with Crippen LogP contribution in [0.15, 0.2) is 34.7 Å². The summed E-state index contributed by atoms with van der Waals surface area (Å²) >= 11 is 0. The van der Waals surface area contributed by atoms with Crippen molar-refractivity contribution in [3.8, 4) is 0 Å². The summed E-state index contributed by atoms with van der Waals surface area (Å²) in [5, 5.41) is 1.05. The van der Waals surface area contributed by atoms with E-state index in [1.165, 1.54) is 0 Å². The van der Waals surface area contributed by atoms with Crippen molar-refractivity contribution in [2.45, 2.75) is 19.9 Å². The van der Waals surface area contributed by atoms with Crippen LogP contribution in [0.3, 0.4) is 0 Å². The van der Waals surface area contributed by atoms with Crippen molar-refractivity contribution >= 4 is 29.3 Å². The Kier molecular flexibility index (Phi) is 5.39. The first-order valence-corrected chi connectivity index (χ1v) is 6.15. The highest BCUT2D eigenvalue weighted by Gasteiger charge is 2.21. The summed E-state index contributed by atoms with van der Waals surface area (Å²) < 4.78 is 5.77. The third-order valence-electron chi connectivity index (χ3n) is 3.16. The van der Waals surface area contributed by atoms with Crippen molar-refractivity contribution in [3.05, 3.63) is 36.1 Å². The molecule has 0 saturated heterocycles.